The van der Waals surface area contributed by atoms with Crippen LogP contribution in [0.1, 0.15) is 35.0 Å². The maximum atomic E-state index is 10.3. The van der Waals surface area contributed by atoms with Gasteiger partial charge in [-0.3, -0.25) is 0 Å². The second-order valence-electron chi connectivity index (χ2n) is 7.84. The van der Waals surface area contributed by atoms with E-state index in [0.29, 0.717) is 19.6 Å². The summed E-state index contributed by atoms with van der Waals surface area (Å²) in [6.45, 7) is 8.25. The summed E-state index contributed by atoms with van der Waals surface area (Å²) in [5, 5.41) is 13.6. The van der Waals surface area contributed by atoms with Crippen LogP contribution in [-0.4, -0.2) is 41.0 Å². The van der Waals surface area contributed by atoms with Crippen molar-refractivity contribution in [3.63, 3.8) is 0 Å². The van der Waals surface area contributed by atoms with E-state index in [9.17, 15) is 5.11 Å². The van der Waals surface area contributed by atoms with Crippen LogP contribution in [0.3, 0.4) is 0 Å². The smallest absolute Gasteiger partial charge is 0.123 e. The summed E-state index contributed by atoms with van der Waals surface area (Å²) < 4.78 is 13.5. The molecule has 1 aromatic heterocycles. The normalized spacial score (nSPS) is 12.0. The molecule has 0 saturated carbocycles. The quantitative estimate of drug-likeness (QED) is 0.493. The molecule has 0 radical (unpaired) electrons. The van der Waals surface area contributed by atoms with Gasteiger partial charge in [-0.15, -0.1) is 0 Å². The Bertz CT molecular complexity index is 984. The largest absolute Gasteiger partial charge is 0.496 e. The van der Waals surface area contributed by atoms with Gasteiger partial charge in [0.25, 0.3) is 0 Å². The average molecular weight is 424 g/mol. The summed E-state index contributed by atoms with van der Waals surface area (Å²) in [7, 11) is 1.69. The third kappa shape index (κ3) is 6.32. The molecule has 0 unspecified atom stereocenters. The molecule has 0 aliphatic rings. The minimum atomic E-state index is -0.587. The summed E-state index contributed by atoms with van der Waals surface area (Å²) in [5.41, 5.74) is 4.52. The Kier molecular flexibility index (Phi) is 8.09. The number of aliphatic hydroxyl groups is 1. The van der Waals surface area contributed by atoms with Gasteiger partial charge in [0.2, 0.25) is 0 Å². The Morgan fingerprint density at radius 3 is 2.68 bits per heavy atom. The summed E-state index contributed by atoms with van der Waals surface area (Å²) in [5.74, 6) is 2.73. The van der Waals surface area contributed by atoms with Crippen molar-refractivity contribution in [3.05, 3.63) is 76.9 Å². The molecule has 0 spiro atoms. The Labute approximate surface area is 184 Å². The van der Waals surface area contributed by atoms with E-state index >= 15 is 0 Å². The first-order valence-electron chi connectivity index (χ1n) is 10.7. The third-order valence-corrected chi connectivity index (χ3v) is 5.27. The predicted molar refractivity (Wildman–Crippen MR) is 123 cm³/mol. The molecular weight excluding hydrogens is 390 g/mol. The highest BCUT2D eigenvalue weighted by atomic mass is 16.5. The number of aliphatic hydroxyl groups excluding tert-OH is 1. The number of methoxy groups -OCH3 is 1. The number of hydrogen-bond acceptors (Lipinski definition) is 5. The number of ether oxygens (including phenoxy) is 2. The van der Waals surface area contributed by atoms with Crippen LogP contribution in [0.4, 0.5) is 0 Å². The second kappa shape index (κ2) is 11.0. The highest BCUT2D eigenvalue weighted by molar-refractivity contribution is 5.38. The van der Waals surface area contributed by atoms with Crippen molar-refractivity contribution < 1.29 is 14.6 Å². The molecule has 6 heteroatoms. The number of aromatic nitrogens is 2. The topological polar surface area (TPSA) is 68.5 Å². The average Bonchev–Trinajstić information content (AvgIpc) is 3.20. The zero-order chi connectivity index (χ0) is 22.2. The Balaban J connectivity index is 1.52. The standard InChI is InChI=1S/C25H33N3O3/c1-5-25-27-10-11-28(25)16-21-13-20(7-9-24(21)30-4)14-26-15-22(29)17-31-23-8-6-18(2)12-19(23)3/h6-13,22,26,29H,5,14-17H2,1-4H3/t22-/m0/s1. The molecule has 1 heterocycles. The summed E-state index contributed by atoms with van der Waals surface area (Å²) in [6.07, 6.45) is 4.13. The number of nitrogens with one attached hydrogen (secondary N) is 1. The van der Waals surface area contributed by atoms with E-state index in [-0.39, 0.29) is 6.61 Å². The van der Waals surface area contributed by atoms with Crippen LogP contribution in [-0.2, 0) is 19.5 Å². The minimum Gasteiger partial charge on any atom is -0.496 e. The molecule has 3 aromatic rings. The van der Waals surface area contributed by atoms with Gasteiger partial charge in [0.1, 0.15) is 30.0 Å². The summed E-state index contributed by atoms with van der Waals surface area (Å²) in [4.78, 5) is 4.40. The van der Waals surface area contributed by atoms with Crippen LogP contribution in [0.2, 0.25) is 0 Å². The zero-order valence-corrected chi connectivity index (χ0v) is 18.9. The van der Waals surface area contributed by atoms with Gasteiger partial charge in [-0.05, 0) is 43.2 Å². The number of benzene rings is 2. The van der Waals surface area contributed by atoms with Gasteiger partial charge in [0.15, 0.2) is 0 Å². The minimum absolute atomic E-state index is 0.255. The van der Waals surface area contributed by atoms with Gasteiger partial charge in [-0.2, -0.15) is 0 Å². The van der Waals surface area contributed by atoms with Crippen LogP contribution >= 0.6 is 0 Å². The molecule has 6 nitrogen and oxygen atoms in total. The molecule has 3 rings (SSSR count). The van der Waals surface area contributed by atoms with Crippen molar-refractivity contribution in [1.29, 1.82) is 0 Å². The van der Waals surface area contributed by atoms with Gasteiger partial charge in [0.05, 0.1) is 13.7 Å². The van der Waals surface area contributed by atoms with E-state index in [1.54, 1.807) is 7.11 Å². The lowest BCUT2D eigenvalue weighted by molar-refractivity contribution is 0.106. The molecule has 2 aromatic carbocycles. The molecule has 1 atom stereocenters. The highest BCUT2D eigenvalue weighted by Crippen LogP contribution is 2.22. The van der Waals surface area contributed by atoms with Crippen LogP contribution in [0.5, 0.6) is 11.5 Å². The maximum absolute atomic E-state index is 10.3. The van der Waals surface area contributed by atoms with Gasteiger partial charge in [-0.25, -0.2) is 4.98 Å². The lowest BCUT2D eigenvalue weighted by Crippen LogP contribution is -2.31. The number of hydrogen-bond donors (Lipinski definition) is 2. The molecule has 0 aliphatic carbocycles. The van der Waals surface area contributed by atoms with Crippen LogP contribution in [0.25, 0.3) is 0 Å². The van der Waals surface area contributed by atoms with Crippen LogP contribution < -0.4 is 14.8 Å². The van der Waals surface area contributed by atoms with E-state index in [4.69, 9.17) is 9.47 Å². The molecule has 166 valence electrons. The third-order valence-electron chi connectivity index (χ3n) is 5.27. The highest BCUT2D eigenvalue weighted by Gasteiger charge is 2.10. The Morgan fingerprint density at radius 2 is 1.94 bits per heavy atom. The van der Waals surface area contributed by atoms with Crippen molar-refractivity contribution >= 4 is 0 Å². The van der Waals surface area contributed by atoms with E-state index < -0.39 is 6.10 Å². The Morgan fingerprint density at radius 1 is 1.13 bits per heavy atom. The molecule has 0 bridgehead atoms. The van der Waals surface area contributed by atoms with E-state index in [1.165, 1.54) is 5.56 Å². The van der Waals surface area contributed by atoms with Crippen molar-refractivity contribution in [2.24, 2.45) is 0 Å². The number of nitrogens with zero attached hydrogens (tertiary/aromatic N) is 2. The van der Waals surface area contributed by atoms with Crippen molar-refractivity contribution in [2.45, 2.75) is 46.4 Å². The second-order valence-corrected chi connectivity index (χ2v) is 7.84. The van der Waals surface area contributed by atoms with Gasteiger partial charge in [0, 0.05) is 37.5 Å². The number of rotatable bonds is 11. The first kappa shape index (κ1) is 22.8. The van der Waals surface area contributed by atoms with Gasteiger partial charge >= 0.3 is 0 Å². The molecule has 0 amide bonds. The van der Waals surface area contributed by atoms with E-state index in [1.807, 2.05) is 43.6 Å². The number of aryl methyl sites for hydroxylation is 3. The molecule has 2 N–H and O–H groups in total. The van der Waals surface area contributed by atoms with Gasteiger partial charge < -0.3 is 24.5 Å². The molecule has 31 heavy (non-hydrogen) atoms. The lowest BCUT2D eigenvalue weighted by Gasteiger charge is -2.16. The molecule has 0 aliphatic heterocycles. The van der Waals surface area contributed by atoms with E-state index in [0.717, 1.165) is 40.4 Å². The van der Waals surface area contributed by atoms with Crippen molar-refractivity contribution in [2.75, 3.05) is 20.3 Å². The van der Waals surface area contributed by atoms with E-state index in [2.05, 4.69) is 40.8 Å². The maximum Gasteiger partial charge on any atom is 0.123 e. The first-order valence-corrected chi connectivity index (χ1v) is 10.7. The van der Waals surface area contributed by atoms with Crippen molar-refractivity contribution in [3.8, 4) is 11.5 Å². The summed E-state index contributed by atoms with van der Waals surface area (Å²) >= 11 is 0. The number of imidazole rings is 1. The lowest BCUT2D eigenvalue weighted by atomic mass is 10.1. The fourth-order valence-electron chi connectivity index (χ4n) is 3.64. The fourth-order valence-corrected chi connectivity index (χ4v) is 3.64. The zero-order valence-electron chi connectivity index (χ0n) is 18.9. The molecular formula is C25H33N3O3. The van der Waals surface area contributed by atoms with Crippen LogP contribution in [0.15, 0.2) is 48.8 Å². The molecule has 0 fully saturated rings. The molecule has 0 saturated heterocycles. The summed E-state index contributed by atoms with van der Waals surface area (Å²) in [6, 6.07) is 12.2. The van der Waals surface area contributed by atoms with Crippen molar-refractivity contribution in [1.82, 2.24) is 14.9 Å². The van der Waals surface area contributed by atoms with Gasteiger partial charge in [-0.1, -0.05) is 30.7 Å². The van der Waals surface area contributed by atoms with Crippen LogP contribution in [0, 0.1) is 13.8 Å². The monoisotopic (exact) mass is 423 g/mol. The first-order chi connectivity index (χ1) is 15.0. The Hall–Kier alpha value is -2.83. The fraction of sp³-hybridized carbons (Fsp3) is 0.400. The SMILES string of the molecule is CCc1nccn1Cc1cc(CNC[C@H](O)COc2ccc(C)cc2C)ccc1OC. The predicted octanol–water partition coefficient (Wildman–Crippen LogP) is 3.65.